The molecular formula is C26H33FN2O3. The number of hydrogen-bond acceptors (Lipinski definition) is 4. The van der Waals surface area contributed by atoms with E-state index >= 15 is 0 Å². The van der Waals surface area contributed by atoms with Crippen molar-refractivity contribution in [2.75, 3.05) is 32.8 Å². The van der Waals surface area contributed by atoms with Crippen LogP contribution in [0.4, 0.5) is 4.39 Å². The lowest BCUT2D eigenvalue weighted by Crippen LogP contribution is -2.48. The van der Waals surface area contributed by atoms with Crippen LogP contribution in [0.25, 0.3) is 0 Å². The molecule has 0 spiro atoms. The van der Waals surface area contributed by atoms with Gasteiger partial charge in [-0.25, -0.2) is 4.39 Å². The first-order valence-corrected chi connectivity index (χ1v) is 11.6. The summed E-state index contributed by atoms with van der Waals surface area (Å²) in [6.45, 7) is 3.67. The number of nitrogens with one attached hydrogen (secondary N) is 1. The first kappa shape index (κ1) is 22.9. The van der Waals surface area contributed by atoms with E-state index < -0.39 is 0 Å². The Bertz CT molecular complexity index is 870. The van der Waals surface area contributed by atoms with E-state index in [9.17, 15) is 14.3 Å². The maximum absolute atomic E-state index is 13.2. The van der Waals surface area contributed by atoms with Crippen LogP contribution < -0.4 is 5.32 Å². The lowest BCUT2D eigenvalue weighted by atomic mass is 9.74. The van der Waals surface area contributed by atoms with Gasteiger partial charge in [-0.05, 0) is 48.9 Å². The monoisotopic (exact) mass is 440 g/mol. The molecule has 5 nitrogen and oxygen atoms in total. The standard InChI is InChI=1S/C26H33FN2O3/c27-22-8-6-20(7-9-22)18-25(31)28-19-26(21-4-2-1-3-5-21)12-10-23(24(30)11-13-26)29-14-16-32-17-15-29/h1-9,23-24,30H,10-19H2,(H,28,31)/t23-,24-,26-/m1/s1. The molecule has 4 rings (SSSR count). The molecule has 2 aromatic rings. The molecule has 172 valence electrons. The maximum Gasteiger partial charge on any atom is 0.224 e. The van der Waals surface area contributed by atoms with Gasteiger partial charge in [-0.2, -0.15) is 0 Å². The van der Waals surface area contributed by atoms with E-state index in [1.807, 2.05) is 18.2 Å². The van der Waals surface area contributed by atoms with Crippen molar-refractivity contribution in [2.24, 2.45) is 0 Å². The van der Waals surface area contributed by atoms with Gasteiger partial charge in [0.15, 0.2) is 0 Å². The Morgan fingerprint density at radius 3 is 2.47 bits per heavy atom. The molecule has 0 bridgehead atoms. The average Bonchev–Trinajstić information content (AvgIpc) is 3.00. The van der Waals surface area contributed by atoms with Crippen LogP contribution in [0.3, 0.4) is 0 Å². The van der Waals surface area contributed by atoms with Gasteiger partial charge in [0.2, 0.25) is 5.91 Å². The summed E-state index contributed by atoms with van der Waals surface area (Å²) < 4.78 is 18.7. The van der Waals surface area contributed by atoms with Gasteiger partial charge in [0.25, 0.3) is 0 Å². The fraction of sp³-hybridized carbons (Fsp3) is 0.500. The predicted molar refractivity (Wildman–Crippen MR) is 122 cm³/mol. The molecule has 2 aromatic carbocycles. The number of amides is 1. The second kappa shape index (κ2) is 10.6. The molecule has 1 aliphatic heterocycles. The van der Waals surface area contributed by atoms with Gasteiger partial charge in [-0.1, -0.05) is 42.5 Å². The fourth-order valence-corrected chi connectivity index (χ4v) is 5.17. The van der Waals surface area contributed by atoms with Crippen molar-refractivity contribution in [3.8, 4) is 0 Å². The summed E-state index contributed by atoms with van der Waals surface area (Å²) in [6, 6.07) is 16.5. The summed E-state index contributed by atoms with van der Waals surface area (Å²) in [5.74, 6) is -0.370. The highest BCUT2D eigenvalue weighted by Crippen LogP contribution is 2.39. The second-order valence-electron chi connectivity index (χ2n) is 9.09. The normalized spacial score (nSPS) is 26.9. The summed E-state index contributed by atoms with van der Waals surface area (Å²) >= 11 is 0. The quantitative estimate of drug-likeness (QED) is 0.678. The number of ether oxygens (including phenoxy) is 1. The minimum Gasteiger partial charge on any atom is -0.391 e. The number of hydrogen-bond donors (Lipinski definition) is 2. The van der Waals surface area contributed by atoms with Gasteiger partial charge in [0.05, 0.1) is 25.7 Å². The molecule has 1 saturated heterocycles. The summed E-state index contributed by atoms with van der Waals surface area (Å²) in [5.41, 5.74) is 1.78. The zero-order valence-corrected chi connectivity index (χ0v) is 18.5. The van der Waals surface area contributed by atoms with Crippen LogP contribution in [-0.4, -0.2) is 60.9 Å². The zero-order valence-electron chi connectivity index (χ0n) is 18.5. The lowest BCUT2D eigenvalue weighted by molar-refractivity contribution is -0.120. The highest BCUT2D eigenvalue weighted by atomic mass is 19.1. The molecule has 1 saturated carbocycles. The van der Waals surface area contributed by atoms with Crippen molar-refractivity contribution in [3.05, 3.63) is 71.5 Å². The van der Waals surface area contributed by atoms with Crippen molar-refractivity contribution in [2.45, 2.75) is 49.7 Å². The fourth-order valence-electron chi connectivity index (χ4n) is 5.17. The van der Waals surface area contributed by atoms with Crippen LogP contribution in [-0.2, 0) is 21.4 Å². The van der Waals surface area contributed by atoms with Crippen LogP contribution in [0.1, 0.15) is 36.8 Å². The molecule has 3 atom stereocenters. The van der Waals surface area contributed by atoms with Gasteiger partial charge in [-0.15, -0.1) is 0 Å². The van der Waals surface area contributed by atoms with Gasteiger partial charge in [0, 0.05) is 31.1 Å². The van der Waals surface area contributed by atoms with Crippen LogP contribution in [0.15, 0.2) is 54.6 Å². The number of aliphatic hydroxyl groups excluding tert-OH is 1. The van der Waals surface area contributed by atoms with Crippen LogP contribution in [0.2, 0.25) is 0 Å². The number of rotatable bonds is 6. The smallest absolute Gasteiger partial charge is 0.224 e. The molecule has 0 aromatic heterocycles. The number of morpholine rings is 1. The first-order valence-electron chi connectivity index (χ1n) is 11.6. The number of aliphatic hydroxyl groups is 1. The number of carbonyl (C=O) groups excluding carboxylic acids is 1. The molecule has 2 N–H and O–H groups in total. The summed E-state index contributed by atoms with van der Waals surface area (Å²) in [4.78, 5) is 15.1. The highest BCUT2D eigenvalue weighted by molar-refractivity contribution is 5.78. The molecule has 2 fully saturated rings. The van der Waals surface area contributed by atoms with Crippen molar-refractivity contribution in [1.82, 2.24) is 10.2 Å². The van der Waals surface area contributed by atoms with E-state index in [4.69, 9.17) is 4.74 Å². The highest BCUT2D eigenvalue weighted by Gasteiger charge is 2.40. The summed E-state index contributed by atoms with van der Waals surface area (Å²) in [7, 11) is 0. The topological polar surface area (TPSA) is 61.8 Å². The van der Waals surface area contributed by atoms with Crippen molar-refractivity contribution < 1.29 is 19.0 Å². The van der Waals surface area contributed by atoms with E-state index in [0.717, 1.165) is 37.9 Å². The van der Waals surface area contributed by atoms with E-state index in [2.05, 4.69) is 22.3 Å². The Hall–Kier alpha value is -2.28. The lowest BCUT2D eigenvalue weighted by Gasteiger charge is -2.37. The second-order valence-corrected chi connectivity index (χ2v) is 9.09. The van der Waals surface area contributed by atoms with Gasteiger partial charge in [0.1, 0.15) is 5.82 Å². The average molecular weight is 441 g/mol. The molecule has 32 heavy (non-hydrogen) atoms. The Morgan fingerprint density at radius 2 is 1.75 bits per heavy atom. The Balaban J connectivity index is 1.47. The first-order chi connectivity index (χ1) is 15.6. The third kappa shape index (κ3) is 5.55. The van der Waals surface area contributed by atoms with Crippen LogP contribution >= 0.6 is 0 Å². The molecule has 0 unspecified atom stereocenters. The van der Waals surface area contributed by atoms with E-state index in [1.54, 1.807) is 12.1 Å². The molecule has 1 aliphatic carbocycles. The summed E-state index contributed by atoms with van der Waals surface area (Å²) in [5, 5.41) is 14.1. The van der Waals surface area contributed by atoms with E-state index in [1.165, 1.54) is 17.7 Å². The molecule has 1 heterocycles. The van der Waals surface area contributed by atoms with Crippen LogP contribution in [0, 0.1) is 5.82 Å². The molecular weight excluding hydrogens is 407 g/mol. The predicted octanol–water partition coefficient (Wildman–Crippen LogP) is 3.06. The van der Waals surface area contributed by atoms with Gasteiger partial charge < -0.3 is 15.2 Å². The summed E-state index contributed by atoms with van der Waals surface area (Å²) in [6.07, 6.45) is 3.13. The van der Waals surface area contributed by atoms with Gasteiger partial charge >= 0.3 is 0 Å². The zero-order chi connectivity index (χ0) is 22.4. The van der Waals surface area contributed by atoms with E-state index in [0.29, 0.717) is 26.2 Å². The Kier molecular flexibility index (Phi) is 7.55. The molecule has 0 radical (unpaired) electrons. The number of benzene rings is 2. The maximum atomic E-state index is 13.2. The molecule has 6 heteroatoms. The minimum atomic E-state index is -0.381. The minimum absolute atomic E-state index is 0.0681. The van der Waals surface area contributed by atoms with Gasteiger partial charge in [-0.3, -0.25) is 9.69 Å². The molecule has 1 amide bonds. The third-order valence-electron chi connectivity index (χ3n) is 7.08. The van der Waals surface area contributed by atoms with E-state index in [-0.39, 0.29) is 35.7 Å². The van der Waals surface area contributed by atoms with Crippen molar-refractivity contribution >= 4 is 5.91 Å². The Morgan fingerprint density at radius 1 is 1.06 bits per heavy atom. The Labute approximate surface area is 189 Å². The third-order valence-corrected chi connectivity index (χ3v) is 7.08. The molecule has 2 aliphatic rings. The van der Waals surface area contributed by atoms with Crippen LogP contribution in [0.5, 0.6) is 0 Å². The number of nitrogens with zero attached hydrogens (tertiary/aromatic N) is 1. The van der Waals surface area contributed by atoms with Crippen molar-refractivity contribution in [1.29, 1.82) is 0 Å². The number of halogens is 1. The SMILES string of the molecule is O=C(Cc1ccc(F)cc1)NC[C@]1(c2ccccc2)CC[C@@H](O)[C@H](N2CCOCC2)CC1. The largest absolute Gasteiger partial charge is 0.391 e. The number of carbonyl (C=O) groups is 1. The van der Waals surface area contributed by atoms with Crippen molar-refractivity contribution in [3.63, 3.8) is 0 Å².